The van der Waals surface area contributed by atoms with Crippen molar-refractivity contribution < 1.29 is 9.53 Å². The number of methoxy groups -OCH3 is 1. The van der Waals surface area contributed by atoms with Crippen molar-refractivity contribution in [2.24, 2.45) is 0 Å². The van der Waals surface area contributed by atoms with Crippen LogP contribution >= 0.6 is 11.3 Å². The van der Waals surface area contributed by atoms with Crippen LogP contribution in [0, 0.1) is 0 Å². The average Bonchev–Trinajstić information content (AvgIpc) is 3.19. The summed E-state index contributed by atoms with van der Waals surface area (Å²) in [5.41, 5.74) is 2.09. The summed E-state index contributed by atoms with van der Waals surface area (Å²) in [6.45, 7) is 1.67. The molecule has 0 radical (unpaired) electrons. The molecule has 2 aromatic heterocycles. The highest BCUT2D eigenvalue weighted by molar-refractivity contribution is 7.17. The summed E-state index contributed by atoms with van der Waals surface area (Å²) in [4.78, 5) is 31.1. The molecule has 0 unspecified atom stereocenters. The van der Waals surface area contributed by atoms with E-state index in [-0.39, 0.29) is 11.5 Å². The molecular weight excluding hydrogens is 386 g/mol. The van der Waals surface area contributed by atoms with Gasteiger partial charge in [-0.25, -0.2) is 4.98 Å². The number of carbonyl (C=O) groups excluding carboxylic acids is 1. The van der Waals surface area contributed by atoms with Crippen LogP contribution in [-0.4, -0.2) is 22.6 Å². The van der Waals surface area contributed by atoms with Crippen molar-refractivity contribution in [1.82, 2.24) is 9.55 Å². The first-order valence-electron chi connectivity index (χ1n) is 9.07. The summed E-state index contributed by atoms with van der Waals surface area (Å²) in [7, 11) is 1.54. The van der Waals surface area contributed by atoms with Crippen LogP contribution in [0.4, 0.5) is 5.69 Å². The summed E-state index contributed by atoms with van der Waals surface area (Å²) in [5, 5.41) is 5.28. The van der Waals surface area contributed by atoms with E-state index in [0.29, 0.717) is 21.7 Å². The summed E-state index contributed by atoms with van der Waals surface area (Å²) in [6, 6.07) is 16.1. The zero-order valence-electron chi connectivity index (χ0n) is 16.0. The largest absolute Gasteiger partial charge is 0.495 e. The first-order chi connectivity index (χ1) is 14.1. The van der Waals surface area contributed by atoms with Crippen LogP contribution in [0.15, 0.2) is 71.1 Å². The fraction of sp³-hybridized carbons (Fsp3) is 0.136. The Morgan fingerprint density at radius 3 is 2.62 bits per heavy atom. The van der Waals surface area contributed by atoms with Gasteiger partial charge in [0.15, 0.2) is 0 Å². The number of ether oxygens (including phenoxy) is 1. The number of nitrogens with one attached hydrogen (secondary N) is 1. The van der Waals surface area contributed by atoms with Crippen LogP contribution < -0.4 is 15.6 Å². The Labute approximate surface area is 171 Å². The topological polar surface area (TPSA) is 73.2 Å². The van der Waals surface area contributed by atoms with E-state index >= 15 is 0 Å². The lowest BCUT2D eigenvalue weighted by Gasteiger charge is -2.16. The molecule has 146 valence electrons. The number of hydrogen-bond donors (Lipinski definition) is 1. The number of para-hydroxylation sites is 2. The van der Waals surface area contributed by atoms with Gasteiger partial charge in [0.25, 0.3) is 5.56 Å². The molecular formula is C22H19N3O3S. The van der Waals surface area contributed by atoms with Crippen LogP contribution in [0.25, 0.3) is 21.3 Å². The minimum atomic E-state index is -0.743. The summed E-state index contributed by atoms with van der Waals surface area (Å²) in [5.74, 6) is 0.229. The van der Waals surface area contributed by atoms with Crippen LogP contribution in [0.2, 0.25) is 0 Å². The number of fused-ring (bicyclic) bond motifs is 1. The number of nitrogens with zero attached hydrogens (tertiary/aromatic N) is 2. The highest BCUT2D eigenvalue weighted by Gasteiger charge is 2.21. The third kappa shape index (κ3) is 3.52. The number of benzene rings is 2. The number of aromatic nitrogens is 2. The highest BCUT2D eigenvalue weighted by Crippen LogP contribution is 2.31. The van der Waals surface area contributed by atoms with E-state index in [0.717, 1.165) is 11.1 Å². The fourth-order valence-electron chi connectivity index (χ4n) is 3.16. The van der Waals surface area contributed by atoms with Crippen molar-refractivity contribution in [3.63, 3.8) is 0 Å². The molecule has 4 rings (SSSR count). The second kappa shape index (κ2) is 7.89. The third-order valence-electron chi connectivity index (χ3n) is 4.77. The standard InChI is InChI=1S/C22H19N3O3S/c1-14(20(26)24-17-10-6-7-11-18(17)28-2)25-13-23-21-19(22(25)27)16(12-29-21)15-8-4-3-5-9-15/h3-14H,1-2H3,(H,24,26)/t14-/m0/s1. The normalized spacial score (nSPS) is 11.9. The number of rotatable bonds is 5. The minimum Gasteiger partial charge on any atom is -0.495 e. The lowest BCUT2D eigenvalue weighted by molar-refractivity contribution is -0.118. The summed E-state index contributed by atoms with van der Waals surface area (Å²) >= 11 is 1.42. The number of anilines is 1. The molecule has 0 aliphatic heterocycles. The van der Waals surface area contributed by atoms with Gasteiger partial charge in [-0.3, -0.25) is 14.2 Å². The predicted molar refractivity (Wildman–Crippen MR) is 116 cm³/mol. The monoisotopic (exact) mass is 405 g/mol. The second-order valence-corrected chi connectivity index (χ2v) is 7.38. The molecule has 0 bridgehead atoms. The van der Waals surface area contributed by atoms with Crippen molar-refractivity contribution in [2.75, 3.05) is 12.4 Å². The predicted octanol–water partition coefficient (Wildman–Crippen LogP) is 4.33. The molecule has 2 aromatic carbocycles. The molecule has 1 N–H and O–H groups in total. The molecule has 29 heavy (non-hydrogen) atoms. The van der Waals surface area contributed by atoms with Crippen molar-refractivity contribution >= 4 is 33.1 Å². The molecule has 4 aromatic rings. The Morgan fingerprint density at radius 2 is 1.86 bits per heavy atom. The molecule has 7 heteroatoms. The van der Waals surface area contributed by atoms with Gasteiger partial charge >= 0.3 is 0 Å². The molecule has 1 atom stereocenters. The molecule has 0 aliphatic rings. The average molecular weight is 405 g/mol. The van der Waals surface area contributed by atoms with Crippen molar-refractivity contribution in [1.29, 1.82) is 0 Å². The maximum atomic E-state index is 13.2. The Hall–Kier alpha value is -3.45. The van der Waals surface area contributed by atoms with Gasteiger partial charge in [-0.2, -0.15) is 0 Å². The van der Waals surface area contributed by atoms with Crippen molar-refractivity contribution in [3.8, 4) is 16.9 Å². The lowest BCUT2D eigenvalue weighted by Crippen LogP contribution is -2.31. The van der Waals surface area contributed by atoms with Gasteiger partial charge in [-0.15, -0.1) is 11.3 Å². The third-order valence-corrected chi connectivity index (χ3v) is 5.65. The van der Waals surface area contributed by atoms with Crippen molar-refractivity contribution in [2.45, 2.75) is 13.0 Å². The van der Waals surface area contributed by atoms with E-state index in [1.165, 1.54) is 22.2 Å². The maximum Gasteiger partial charge on any atom is 0.263 e. The molecule has 0 spiro atoms. The van der Waals surface area contributed by atoms with Gasteiger partial charge in [0.05, 0.1) is 24.5 Å². The van der Waals surface area contributed by atoms with Crippen LogP contribution in [-0.2, 0) is 4.79 Å². The first kappa shape index (κ1) is 18.9. The minimum absolute atomic E-state index is 0.238. The molecule has 0 saturated carbocycles. The molecule has 2 heterocycles. The lowest BCUT2D eigenvalue weighted by atomic mass is 10.1. The van der Waals surface area contributed by atoms with E-state index in [9.17, 15) is 9.59 Å². The molecule has 6 nitrogen and oxygen atoms in total. The van der Waals surface area contributed by atoms with E-state index in [4.69, 9.17) is 4.74 Å². The van der Waals surface area contributed by atoms with Gasteiger partial charge in [-0.1, -0.05) is 42.5 Å². The van der Waals surface area contributed by atoms with Gasteiger partial charge < -0.3 is 10.1 Å². The molecule has 0 aliphatic carbocycles. The van der Waals surface area contributed by atoms with Gasteiger partial charge in [0, 0.05) is 10.9 Å². The number of amides is 1. The molecule has 0 saturated heterocycles. The summed E-state index contributed by atoms with van der Waals surface area (Å²) < 4.78 is 6.64. The Kier molecular flexibility index (Phi) is 5.14. The second-order valence-electron chi connectivity index (χ2n) is 6.52. The first-order valence-corrected chi connectivity index (χ1v) is 9.95. The Morgan fingerprint density at radius 1 is 1.14 bits per heavy atom. The molecule has 1 amide bonds. The van der Waals surface area contributed by atoms with Crippen LogP contribution in [0.3, 0.4) is 0 Å². The van der Waals surface area contributed by atoms with Gasteiger partial charge in [0.2, 0.25) is 5.91 Å². The number of thiophene rings is 1. The number of hydrogen-bond acceptors (Lipinski definition) is 5. The zero-order valence-corrected chi connectivity index (χ0v) is 16.8. The van der Waals surface area contributed by atoms with E-state index < -0.39 is 6.04 Å². The summed E-state index contributed by atoms with van der Waals surface area (Å²) in [6.07, 6.45) is 1.43. The molecule has 0 fully saturated rings. The van der Waals surface area contributed by atoms with E-state index in [1.54, 1.807) is 32.2 Å². The van der Waals surface area contributed by atoms with Gasteiger partial charge in [0.1, 0.15) is 16.6 Å². The fourth-order valence-corrected chi connectivity index (χ4v) is 4.07. The smallest absolute Gasteiger partial charge is 0.263 e. The van der Waals surface area contributed by atoms with Crippen molar-refractivity contribution in [3.05, 3.63) is 76.7 Å². The zero-order chi connectivity index (χ0) is 20.4. The van der Waals surface area contributed by atoms with Crippen LogP contribution in [0.5, 0.6) is 5.75 Å². The van der Waals surface area contributed by atoms with E-state index in [1.807, 2.05) is 41.8 Å². The Balaban J connectivity index is 1.71. The number of carbonyl (C=O) groups is 1. The maximum absolute atomic E-state index is 13.2. The highest BCUT2D eigenvalue weighted by atomic mass is 32.1. The SMILES string of the molecule is COc1ccccc1NC(=O)[C@H](C)n1cnc2scc(-c3ccccc3)c2c1=O. The van der Waals surface area contributed by atoms with E-state index in [2.05, 4.69) is 10.3 Å². The van der Waals surface area contributed by atoms with Gasteiger partial charge in [-0.05, 0) is 24.6 Å². The Bertz CT molecular complexity index is 1230. The quantitative estimate of drug-likeness (QED) is 0.536. The van der Waals surface area contributed by atoms with Crippen LogP contribution in [0.1, 0.15) is 13.0 Å².